The van der Waals surface area contributed by atoms with Crippen LogP contribution in [0.2, 0.25) is 5.02 Å². The number of hydrogen-bond acceptors (Lipinski definition) is 2. The number of aryl methyl sites for hydroxylation is 1. The third-order valence-electron chi connectivity index (χ3n) is 2.44. The maximum absolute atomic E-state index is 12.0. The van der Waals surface area contributed by atoms with Gasteiger partial charge in [-0.2, -0.15) is 0 Å². The summed E-state index contributed by atoms with van der Waals surface area (Å²) in [6.45, 7) is 1.90. The topological polar surface area (TPSA) is 17.1 Å². The van der Waals surface area contributed by atoms with E-state index in [1.54, 1.807) is 23.5 Å². The molecular weight excluding hydrogens is 320 g/mol. The van der Waals surface area contributed by atoms with Gasteiger partial charge < -0.3 is 0 Å². The molecule has 0 radical (unpaired) electrons. The first-order chi connectivity index (χ1) is 8.06. The summed E-state index contributed by atoms with van der Waals surface area (Å²) in [5.74, 6) is 0.124. The summed E-state index contributed by atoms with van der Waals surface area (Å²) in [4.78, 5) is 13.1. The van der Waals surface area contributed by atoms with Gasteiger partial charge in [-0.1, -0.05) is 11.6 Å². The van der Waals surface area contributed by atoms with Crippen LogP contribution in [0.15, 0.2) is 34.1 Å². The van der Waals surface area contributed by atoms with Gasteiger partial charge in [0.2, 0.25) is 0 Å². The summed E-state index contributed by atoms with van der Waals surface area (Å²) < 4.78 is 1.05. The lowest BCUT2D eigenvalue weighted by molar-refractivity contribution is 0.0994. The molecule has 0 aliphatic rings. The van der Waals surface area contributed by atoms with Gasteiger partial charge in [-0.05, 0) is 58.7 Å². The van der Waals surface area contributed by atoms with E-state index in [9.17, 15) is 4.79 Å². The molecule has 0 saturated carbocycles. The van der Waals surface area contributed by atoms with Gasteiger partial charge in [-0.3, -0.25) is 4.79 Å². The summed E-state index contributed by atoms with van der Waals surface area (Å²) >= 11 is 10.9. The Hall–Kier alpha value is -0.640. The number of halogens is 2. The fourth-order valence-corrected chi connectivity index (χ4v) is 3.12. The van der Waals surface area contributed by atoms with E-state index in [1.165, 1.54) is 0 Å². The van der Waals surface area contributed by atoms with Crippen molar-refractivity contribution in [2.45, 2.75) is 13.3 Å². The standard InChI is InChI=1S/C13H10BrClOS/c1-8-6-9(2-4-11(8)15)12(16)7-10-3-5-13(14)17-10/h2-6H,7H2,1H3. The van der Waals surface area contributed by atoms with E-state index in [4.69, 9.17) is 11.6 Å². The average molecular weight is 330 g/mol. The van der Waals surface area contributed by atoms with Gasteiger partial charge in [0, 0.05) is 21.9 Å². The molecule has 4 heteroatoms. The highest BCUT2D eigenvalue weighted by Crippen LogP contribution is 2.24. The second kappa shape index (κ2) is 5.34. The number of hydrogen-bond donors (Lipinski definition) is 0. The van der Waals surface area contributed by atoms with Crippen molar-refractivity contribution in [1.82, 2.24) is 0 Å². The molecule has 2 rings (SSSR count). The van der Waals surface area contributed by atoms with Crippen LogP contribution in [0.25, 0.3) is 0 Å². The smallest absolute Gasteiger partial charge is 0.168 e. The normalized spacial score (nSPS) is 10.5. The summed E-state index contributed by atoms with van der Waals surface area (Å²) in [7, 11) is 0. The second-order valence-corrected chi connectivity index (χ2v) is 6.72. The quantitative estimate of drug-likeness (QED) is 0.732. The number of benzene rings is 1. The summed E-state index contributed by atoms with van der Waals surface area (Å²) in [5, 5.41) is 0.695. The molecular formula is C13H10BrClOS. The van der Waals surface area contributed by atoms with Gasteiger partial charge in [-0.25, -0.2) is 0 Å². The maximum Gasteiger partial charge on any atom is 0.168 e. The molecule has 0 fully saturated rings. The molecule has 1 nitrogen and oxygen atoms in total. The molecule has 1 aromatic carbocycles. The Morgan fingerprint density at radius 2 is 2.12 bits per heavy atom. The number of carbonyl (C=O) groups excluding carboxylic acids is 1. The predicted molar refractivity (Wildman–Crippen MR) is 76.2 cm³/mol. The zero-order chi connectivity index (χ0) is 12.4. The van der Waals surface area contributed by atoms with Crippen molar-refractivity contribution < 1.29 is 4.79 Å². The molecule has 88 valence electrons. The van der Waals surface area contributed by atoms with Crippen molar-refractivity contribution in [3.05, 3.63) is 55.1 Å². The van der Waals surface area contributed by atoms with E-state index < -0.39 is 0 Å². The molecule has 0 atom stereocenters. The lowest BCUT2D eigenvalue weighted by atomic mass is 10.1. The van der Waals surface area contributed by atoms with Crippen molar-refractivity contribution in [2.75, 3.05) is 0 Å². The van der Waals surface area contributed by atoms with Gasteiger partial charge in [0.1, 0.15) is 0 Å². The van der Waals surface area contributed by atoms with Gasteiger partial charge >= 0.3 is 0 Å². The lowest BCUT2D eigenvalue weighted by Gasteiger charge is -2.02. The SMILES string of the molecule is Cc1cc(C(=O)Cc2ccc(Br)s2)ccc1Cl. The molecule has 1 aromatic heterocycles. The highest BCUT2D eigenvalue weighted by atomic mass is 79.9. The lowest BCUT2D eigenvalue weighted by Crippen LogP contribution is -2.02. The average Bonchev–Trinajstić information content (AvgIpc) is 2.68. The van der Waals surface area contributed by atoms with Crippen LogP contribution in [0, 0.1) is 6.92 Å². The number of thiophene rings is 1. The molecule has 0 spiro atoms. The van der Waals surface area contributed by atoms with Crippen molar-refractivity contribution in [2.24, 2.45) is 0 Å². The van der Waals surface area contributed by atoms with Crippen molar-refractivity contribution >= 4 is 44.7 Å². The monoisotopic (exact) mass is 328 g/mol. The molecule has 0 aliphatic heterocycles. The van der Waals surface area contributed by atoms with E-state index in [0.29, 0.717) is 11.4 Å². The van der Waals surface area contributed by atoms with Crippen molar-refractivity contribution in [3.63, 3.8) is 0 Å². The zero-order valence-electron chi connectivity index (χ0n) is 9.17. The third-order valence-corrected chi connectivity index (χ3v) is 4.49. The Morgan fingerprint density at radius 3 is 2.71 bits per heavy atom. The minimum Gasteiger partial charge on any atom is -0.294 e. The van der Waals surface area contributed by atoms with Crippen molar-refractivity contribution in [3.8, 4) is 0 Å². The van der Waals surface area contributed by atoms with Crippen LogP contribution in [0.1, 0.15) is 20.8 Å². The highest BCUT2D eigenvalue weighted by molar-refractivity contribution is 9.11. The molecule has 0 aliphatic carbocycles. The Labute approximate surface area is 118 Å². The Balaban J connectivity index is 2.17. The van der Waals surface area contributed by atoms with Crippen LogP contribution in [-0.4, -0.2) is 5.78 Å². The van der Waals surface area contributed by atoms with Gasteiger partial charge in [0.05, 0.1) is 3.79 Å². The molecule has 17 heavy (non-hydrogen) atoms. The van der Waals surface area contributed by atoms with E-state index in [1.807, 2.05) is 25.1 Å². The van der Waals surface area contributed by atoms with Gasteiger partial charge in [0.15, 0.2) is 5.78 Å². The Morgan fingerprint density at radius 1 is 1.35 bits per heavy atom. The van der Waals surface area contributed by atoms with Crippen LogP contribution in [0.3, 0.4) is 0 Å². The Bertz CT molecular complexity index is 562. The summed E-state index contributed by atoms with van der Waals surface area (Å²) in [6.07, 6.45) is 0.442. The molecule has 1 heterocycles. The summed E-state index contributed by atoms with van der Waals surface area (Å²) in [5.41, 5.74) is 1.65. The third kappa shape index (κ3) is 3.18. The van der Waals surface area contributed by atoms with Crippen LogP contribution >= 0.6 is 38.9 Å². The number of ketones is 1. The van der Waals surface area contributed by atoms with Gasteiger partial charge in [-0.15, -0.1) is 11.3 Å². The van der Waals surface area contributed by atoms with E-state index >= 15 is 0 Å². The van der Waals surface area contributed by atoms with Crippen LogP contribution in [0.4, 0.5) is 0 Å². The largest absolute Gasteiger partial charge is 0.294 e. The molecule has 0 unspecified atom stereocenters. The number of carbonyl (C=O) groups is 1. The zero-order valence-corrected chi connectivity index (χ0v) is 12.3. The molecule has 2 aromatic rings. The minimum atomic E-state index is 0.124. The Kier molecular flexibility index (Phi) is 4.02. The highest BCUT2D eigenvalue weighted by Gasteiger charge is 2.09. The predicted octanol–water partition coefficient (Wildman–Crippen LogP) is 4.90. The fraction of sp³-hybridized carbons (Fsp3) is 0.154. The van der Waals surface area contributed by atoms with Crippen molar-refractivity contribution in [1.29, 1.82) is 0 Å². The molecule has 0 bridgehead atoms. The first-order valence-corrected chi connectivity index (χ1v) is 7.08. The first kappa shape index (κ1) is 12.8. The van der Waals surface area contributed by atoms with E-state index in [-0.39, 0.29) is 5.78 Å². The molecule has 0 N–H and O–H groups in total. The number of rotatable bonds is 3. The fourth-order valence-electron chi connectivity index (χ4n) is 1.53. The molecule has 0 saturated heterocycles. The maximum atomic E-state index is 12.0. The molecule has 0 amide bonds. The minimum absolute atomic E-state index is 0.124. The van der Waals surface area contributed by atoms with E-state index in [0.717, 1.165) is 19.8 Å². The number of Topliss-reactive ketones (excluding diaryl/α,β-unsaturated/α-hetero) is 1. The van der Waals surface area contributed by atoms with Gasteiger partial charge in [0.25, 0.3) is 0 Å². The van der Waals surface area contributed by atoms with Crippen LogP contribution in [0.5, 0.6) is 0 Å². The first-order valence-electron chi connectivity index (χ1n) is 5.10. The van der Waals surface area contributed by atoms with Crippen LogP contribution < -0.4 is 0 Å². The second-order valence-electron chi connectivity index (χ2n) is 3.77. The van der Waals surface area contributed by atoms with Crippen LogP contribution in [-0.2, 0) is 6.42 Å². The summed E-state index contributed by atoms with van der Waals surface area (Å²) in [6, 6.07) is 9.32. The van der Waals surface area contributed by atoms with E-state index in [2.05, 4.69) is 15.9 Å².